The maximum Gasteiger partial charge on any atom is 0.322 e. The van der Waals surface area contributed by atoms with Crippen molar-refractivity contribution >= 4 is 21.9 Å². The van der Waals surface area contributed by atoms with E-state index in [9.17, 15) is 18.0 Å². The van der Waals surface area contributed by atoms with Crippen LogP contribution in [0.25, 0.3) is 0 Å². The Morgan fingerprint density at radius 3 is 2.40 bits per heavy atom. The van der Waals surface area contributed by atoms with Crippen molar-refractivity contribution in [3.8, 4) is 0 Å². The van der Waals surface area contributed by atoms with Crippen molar-refractivity contribution in [2.24, 2.45) is 5.73 Å². The molecule has 0 aliphatic carbocycles. The largest absolute Gasteiger partial charge is 0.480 e. The molecular weight excluding hydrogens is 224 g/mol. The standard InChI is InChI=1S/C7H12N2O5S/c1-2-3-15(13,14)9-5(7(11)12)4-6(8)10/h2,5,9H,1,3-4H2,(H2,8,10)(H,11,12)/t5-/m1/s1. The minimum atomic E-state index is -3.78. The van der Waals surface area contributed by atoms with Crippen molar-refractivity contribution < 1.29 is 23.1 Å². The highest BCUT2D eigenvalue weighted by Gasteiger charge is 2.24. The quantitative estimate of drug-likeness (QED) is 0.460. The Labute approximate surface area is 87.0 Å². The van der Waals surface area contributed by atoms with Crippen LogP contribution in [-0.2, 0) is 19.6 Å². The van der Waals surface area contributed by atoms with Crippen LogP contribution in [0.2, 0.25) is 0 Å². The third-order valence-electron chi connectivity index (χ3n) is 1.36. The number of carbonyl (C=O) groups is 2. The van der Waals surface area contributed by atoms with Crippen LogP contribution >= 0.6 is 0 Å². The summed E-state index contributed by atoms with van der Waals surface area (Å²) in [5.74, 6) is -2.78. The molecule has 0 heterocycles. The molecule has 0 radical (unpaired) electrons. The van der Waals surface area contributed by atoms with Crippen LogP contribution < -0.4 is 10.5 Å². The van der Waals surface area contributed by atoms with Crippen molar-refractivity contribution in [1.82, 2.24) is 4.72 Å². The molecule has 0 bridgehead atoms. The molecule has 0 saturated carbocycles. The highest BCUT2D eigenvalue weighted by atomic mass is 32.2. The highest BCUT2D eigenvalue weighted by Crippen LogP contribution is 1.96. The summed E-state index contributed by atoms with van der Waals surface area (Å²) in [6.45, 7) is 3.20. The molecule has 15 heavy (non-hydrogen) atoms. The molecule has 0 fully saturated rings. The molecule has 1 amide bonds. The molecule has 7 nitrogen and oxygen atoms in total. The molecule has 1 atom stereocenters. The summed E-state index contributed by atoms with van der Waals surface area (Å²) in [7, 11) is -3.78. The van der Waals surface area contributed by atoms with Gasteiger partial charge in [-0.3, -0.25) is 9.59 Å². The van der Waals surface area contributed by atoms with Crippen molar-refractivity contribution in [2.45, 2.75) is 12.5 Å². The minimum absolute atomic E-state index is 0.421. The van der Waals surface area contributed by atoms with Crippen LogP contribution in [0.3, 0.4) is 0 Å². The summed E-state index contributed by atoms with van der Waals surface area (Å²) in [4.78, 5) is 21.0. The highest BCUT2D eigenvalue weighted by molar-refractivity contribution is 7.89. The van der Waals surface area contributed by atoms with Gasteiger partial charge >= 0.3 is 5.97 Å². The lowest BCUT2D eigenvalue weighted by Crippen LogP contribution is -2.43. The van der Waals surface area contributed by atoms with Gasteiger partial charge in [0.2, 0.25) is 15.9 Å². The average molecular weight is 236 g/mol. The number of hydrogen-bond donors (Lipinski definition) is 3. The number of rotatable bonds is 7. The average Bonchev–Trinajstić information content (AvgIpc) is 2.00. The lowest BCUT2D eigenvalue weighted by molar-refractivity contribution is -0.140. The summed E-state index contributed by atoms with van der Waals surface area (Å²) in [5, 5.41) is 8.59. The number of carboxylic acids is 1. The van der Waals surface area contributed by atoms with Crippen molar-refractivity contribution in [3.05, 3.63) is 12.7 Å². The number of nitrogens with two attached hydrogens (primary N) is 1. The van der Waals surface area contributed by atoms with Gasteiger partial charge in [-0.15, -0.1) is 6.58 Å². The number of primary amides is 1. The Bertz CT molecular complexity index is 362. The van der Waals surface area contributed by atoms with Crippen LogP contribution in [0.1, 0.15) is 6.42 Å². The molecule has 0 aromatic carbocycles. The molecule has 8 heteroatoms. The van der Waals surface area contributed by atoms with E-state index in [0.717, 1.165) is 6.08 Å². The summed E-state index contributed by atoms with van der Waals surface area (Å²) in [6, 6.07) is -1.53. The zero-order valence-electron chi connectivity index (χ0n) is 7.84. The summed E-state index contributed by atoms with van der Waals surface area (Å²) in [6.07, 6.45) is 0.511. The molecule has 86 valence electrons. The van der Waals surface area contributed by atoms with Crippen LogP contribution in [0.5, 0.6) is 0 Å². The second-order valence-electron chi connectivity index (χ2n) is 2.75. The zero-order valence-corrected chi connectivity index (χ0v) is 8.66. The fourth-order valence-electron chi connectivity index (χ4n) is 0.801. The maximum atomic E-state index is 11.1. The van der Waals surface area contributed by atoms with E-state index in [2.05, 4.69) is 6.58 Å². The fourth-order valence-corrected chi connectivity index (χ4v) is 1.82. The first kappa shape index (κ1) is 13.6. The third-order valence-corrected chi connectivity index (χ3v) is 2.68. The number of amides is 1. The lowest BCUT2D eigenvalue weighted by atomic mass is 10.2. The van der Waals surface area contributed by atoms with E-state index >= 15 is 0 Å². The predicted octanol–water partition coefficient (Wildman–Crippen LogP) is -1.58. The number of nitrogens with one attached hydrogen (secondary N) is 1. The Morgan fingerprint density at radius 1 is 1.53 bits per heavy atom. The Hall–Kier alpha value is -1.41. The molecular formula is C7H12N2O5S. The molecule has 0 aliphatic rings. The van der Waals surface area contributed by atoms with Gasteiger partial charge in [0.15, 0.2) is 0 Å². The van der Waals surface area contributed by atoms with Gasteiger partial charge in [-0.1, -0.05) is 6.08 Å². The van der Waals surface area contributed by atoms with E-state index < -0.39 is 40.1 Å². The van der Waals surface area contributed by atoms with Crippen LogP contribution in [0, 0.1) is 0 Å². The SMILES string of the molecule is C=CCS(=O)(=O)N[C@H](CC(N)=O)C(=O)O. The van der Waals surface area contributed by atoms with Gasteiger partial charge in [-0.25, -0.2) is 13.1 Å². The number of sulfonamides is 1. The van der Waals surface area contributed by atoms with Gasteiger partial charge in [-0.2, -0.15) is 0 Å². The normalized spacial score (nSPS) is 13.1. The first-order chi connectivity index (χ1) is 6.78. The van der Waals surface area contributed by atoms with Crippen LogP contribution in [0.15, 0.2) is 12.7 Å². The van der Waals surface area contributed by atoms with Gasteiger partial charge in [0, 0.05) is 0 Å². The predicted molar refractivity (Wildman–Crippen MR) is 52.4 cm³/mol. The third kappa shape index (κ3) is 5.81. The topological polar surface area (TPSA) is 127 Å². The first-order valence-corrected chi connectivity index (χ1v) is 5.55. The second kappa shape index (κ2) is 5.47. The van der Waals surface area contributed by atoms with E-state index in [1.807, 2.05) is 4.72 Å². The van der Waals surface area contributed by atoms with Gasteiger partial charge in [0.1, 0.15) is 6.04 Å². The second-order valence-corrected chi connectivity index (χ2v) is 4.55. The molecule has 0 rings (SSSR count). The molecule has 0 aliphatic heterocycles. The maximum absolute atomic E-state index is 11.1. The number of aliphatic carboxylic acids is 1. The summed E-state index contributed by atoms with van der Waals surface area (Å²) in [5.41, 5.74) is 4.77. The summed E-state index contributed by atoms with van der Waals surface area (Å²) >= 11 is 0. The Kier molecular flexibility index (Phi) is 4.95. The Morgan fingerprint density at radius 2 is 2.07 bits per heavy atom. The van der Waals surface area contributed by atoms with E-state index in [4.69, 9.17) is 10.8 Å². The molecule has 4 N–H and O–H groups in total. The van der Waals surface area contributed by atoms with E-state index in [1.54, 1.807) is 0 Å². The van der Waals surface area contributed by atoms with E-state index in [-0.39, 0.29) is 0 Å². The molecule has 0 unspecified atom stereocenters. The van der Waals surface area contributed by atoms with Crippen molar-refractivity contribution in [3.63, 3.8) is 0 Å². The number of carbonyl (C=O) groups excluding carboxylic acids is 1. The monoisotopic (exact) mass is 236 g/mol. The van der Waals surface area contributed by atoms with Crippen molar-refractivity contribution in [1.29, 1.82) is 0 Å². The minimum Gasteiger partial charge on any atom is -0.480 e. The molecule has 0 spiro atoms. The van der Waals surface area contributed by atoms with E-state index in [1.165, 1.54) is 0 Å². The van der Waals surface area contributed by atoms with Gasteiger partial charge < -0.3 is 10.8 Å². The van der Waals surface area contributed by atoms with Crippen LogP contribution in [0.4, 0.5) is 0 Å². The zero-order chi connectivity index (χ0) is 12.1. The van der Waals surface area contributed by atoms with Gasteiger partial charge in [0.25, 0.3) is 0 Å². The number of carboxylic acid groups (broad SMARTS) is 1. The van der Waals surface area contributed by atoms with Gasteiger partial charge in [-0.05, 0) is 0 Å². The molecule has 0 aromatic heterocycles. The Balaban J connectivity index is 4.61. The lowest BCUT2D eigenvalue weighted by Gasteiger charge is -2.11. The van der Waals surface area contributed by atoms with E-state index in [0.29, 0.717) is 0 Å². The summed E-state index contributed by atoms with van der Waals surface area (Å²) < 4.78 is 24.1. The molecule has 0 saturated heterocycles. The molecule has 0 aromatic rings. The fraction of sp³-hybridized carbons (Fsp3) is 0.429. The van der Waals surface area contributed by atoms with Crippen LogP contribution in [-0.4, -0.2) is 37.2 Å². The first-order valence-electron chi connectivity index (χ1n) is 3.90. The number of hydrogen-bond acceptors (Lipinski definition) is 4. The van der Waals surface area contributed by atoms with Crippen molar-refractivity contribution in [2.75, 3.05) is 5.75 Å². The van der Waals surface area contributed by atoms with Gasteiger partial charge in [0.05, 0.1) is 12.2 Å². The smallest absolute Gasteiger partial charge is 0.322 e.